The van der Waals surface area contributed by atoms with Crippen LogP contribution in [0.3, 0.4) is 0 Å². The van der Waals surface area contributed by atoms with Gasteiger partial charge in [0.05, 0.1) is 0 Å². The van der Waals surface area contributed by atoms with Crippen molar-refractivity contribution in [3.05, 3.63) is 0 Å². The lowest BCUT2D eigenvalue weighted by atomic mass is 9.88. The number of halogens is 4. The van der Waals surface area contributed by atoms with Crippen molar-refractivity contribution >= 4 is 11.8 Å². The minimum absolute atomic E-state index is 0.226. The Bertz CT molecular complexity index is 293. The third-order valence-corrected chi connectivity index (χ3v) is 5.79. The van der Waals surface area contributed by atoms with Crippen molar-refractivity contribution in [3.8, 4) is 0 Å². The van der Waals surface area contributed by atoms with Crippen LogP contribution < -0.4 is 0 Å². The Morgan fingerprint density at radius 3 is 1.74 bits per heavy atom. The van der Waals surface area contributed by atoms with Gasteiger partial charge in [0.1, 0.15) is 0 Å². The summed E-state index contributed by atoms with van der Waals surface area (Å²) in [6, 6.07) is 0. The molecule has 1 aliphatic carbocycles. The predicted molar refractivity (Wildman–Crippen MR) is 70.9 cm³/mol. The molecule has 5 heteroatoms. The third-order valence-electron chi connectivity index (χ3n) is 4.36. The van der Waals surface area contributed by atoms with E-state index >= 15 is 0 Å². The van der Waals surface area contributed by atoms with E-state index in [-0.39, 0.29) is 18.2 Å². The van der Waals surface area contributed by atoms with Crippen LogP contribution in [0.2, 0.25) is 0 Å². The van der Waals surface area contributed by atoms with Gasteiger partial charge in [-0.1, -0.05) is 63.1 Å². The molecule has 112 valence electrons. The maximum absolute atomic E-state index is 13.8. The van der Waals surface area contributed by atoms with E-state index in [4.69, 9.17) is 0 Å². The van der Waals surface area contributed by atoms with Crippen LogP contribution in [0, 0.1) is 5.92 Å². The lowest BCUT2D eigenvalue weighted by Gasteiger charge is -2.24. The van der Waals surface area contributed by atoms with Crippen LogP contribution in [0.15, 0.2) is 0 Å². The molecular weight excluding hydrogens is 276 g/mol. The normalized spacial score (nSPS) is 36.0. The van der Waals surface area contributed by atoms with E-state index < -0.39 is 22.3 Å². The second-order valence-electron chi connectivity index (χ2n) is 5.81. The van der Waals surface area contributed by atoms with Gasteiger partial charge in [0.2, 0.25) is 0 Å². The standard InChI is InChI=1S/C14H22F4S/c15-13(16)11-9-7-5-3-1-2-4-6-8-10-12(11)19-14(13,17)18/h11-12H,1-10H2/t11-,12+/m0/s1. The zero-order valence-corrected chi connectivity index (χ0v) is 12.0. The summed E-state index contributed by atoms with van der Waals surface area (Å²) in [5.74, 6) is -4.96. The first-order valence-corrected chi connectivity index (χ1v) is 8.26. The number of hydrogen-bond donors (Lipinski definition) is 0. The van der Waals surface area contributed by atoms with Crippen molar-refractivity contribution in [3.63, 3.8) is 0 Å². The summed E-state index contributed by atoms with van der Waals surface area (Å²) in [5, 5.41) is -4.44. The molecule has 0 aromatic heterocycles. The monoisotopic (exact) mass is 298 g/mol. The number of rotatable bonds is 0. The predicted octanol–water partition coefficient (Wildman–Crippen LogP) is 5.86. The van der Waals surface area contributed by atoms with Crippen LogP contribution in [0.4, 0.5) is 17.6 Å². The van der Waals surface area contributed by atoms with Gasteiger partial charge in [-0.05, 0) is 12.8 Å². The molecule has 1 aliphatic heterocycles. The number of fused-ring (bicyclic) bond motifs is 1. The van der Waals surface area contributed by atoms with Gasteiger partial charge in [0.25, 0.3) is 0 Å². The van der Waals surface area contributed by atoms with Gasteiger partial charge in [-0.15, -0.1) is 0 Å². The summed E-state index contributed by atoms with van der Waals surface area (Å²) < 4.78 is 54.6. The van der Waals surface area contributed by atoms with E-state index in [9.17, 15) is 17.6 Å². The van der Waals surface area contributed by atoms with Crippen molar-refractivity contribution in [2.45, 2.75) is 80.6 Å². The molecule has 1 saturated carbocycles. The molecule has 1 saturated heterocycles. The summed E-state index contributed by atoms with van der Waals surface area (Å²) in [5.41, 5.74) is 0. The van der Waals surface area contributed by atoms with Crippen molar-refractivity contribution in [2.24, 2.45) is 5.92 Å². The Hall–Kier alpha value is 0.0700. The Labute approximate surface area is 116 Å². The van der Waals surface area contributed by atoms with Gasteiger partial charge >= 0.3 is 11.2 Å². The highest BCUT2D eigenvalue weighted by Gasteiger charge is 2.69. The van der Waals surface area contributed by atoms with Crippen LogP contribution in [0.1, 0.15) is 64.2 Å². The van der Waals surface area contributed by atoms with Crippen molar-refractivity contribution < 1.29 is 17.6 Å². The highest BCUT2D eigenvalue weighted by molar-refractivity contribution is 8.01. The first-order chi connectivity index (χ1) is 8.95. The molecule has 0 radical (unpaired) electrons. The molecule has 19 heavy (non-hydrogen) atoms. The van der Waals surface area contributed by atoms with Crippen LogP contribution in [-0.2, 0) is 0 Å². The topological polar surface area (TPSA) is 0 Å². The Kier molecular flexibility index (Phi) is 5.07. The van der Waals surface area contributed by atoms with Crippen LogP contribution in [0.25, 0.3) is 0 Å². The van der Waals surface area contributed by atoms with Gasteiger partial charge in [-0.25, -0.2) is 0 Å². The van der Waals surface area contributed by atoms with Crippen molar-refractivity contribution in [1.82, 2.24) is 0 Å². The maximum atomic E-state index is 13.8. The molecule has 2 atom stereocenters. The molecule has 1 heterocycles. The summed E-state index contributed by atoms with van der Waals surface area (Å²) >= 11 is 0.226. The van der Waals surface area contributed by atoms with Crippen LogP contribution in [0.5, 0.6) is 0 Å². The Balaban J connectivity index is 2.04. The first kappa shape index (κ1) is 15.5. The molecule has 0 N–H and O–H groups in total. The van der Waals surface area contributed by atoms with E-state index in [0.29, 0.717) is 12.8 Å². The second kappa shape index (κ2) is 6.23. The average molecular weight is 298 g/mol. The van der Waals surface area contributed by atoms with Crippen LogP contribution >= 0.6 is 11.8 Å². The van der Waals surface area contributed by atoms with E-state index in [1.807, 2.05) is 0 Å². The van der Waals surface area contributed by atoms with Gasteiger partial charge in [-0.3, -0.25) is 0 Å². The quantitative estimate of drug-likeness (QED) is 0.505. The minimum atomic E-state index is -3.87. The minimum Gasteiger partial charge on any atom is -0.198 e. The van der Waals surface area contributed by atoms with Crippen molar-refractivity contribution in [1.29, 1.82) is 0 Å². The smallest absolute Gasteiger partial charge is 0.198 e. The SMILES string of the molecule is FC1(F)S[C@@H]2CCCCCCCCCC[C@@H]2C1(F)F. The molecule has 2 fully saturated rings. The zero-order chi connectivity index (χ0) is 13.9. The number of alkyl halides is 4. The molecule has 0 nitrogen and oxygen atoms in total. The van der Waals surface area contributed by atoms with E-state index in [1.165, 1.54) is 6.42 Å². The number of thioether (sulfide) groups is 1. The van der Waals surface area contributed by atoms with Gasteiger partial charge in [-0.2, -0.15) is 17.6 Å². The molecule has 2 rings (SSSR count). The third kappa shape index (κ3) is 3.40. The molecule has 0 aromatic rings. The Morgan fingerprint density at radius 1 is 0.684 bits per heavy atom. The summed E-state index contributed by atoms with van der Waals surface area (Å²) in [7, 11) is 0. The number of hydrogen-bond acceptors (Lipinski definition) is 1. The first-order valence-electron chi connectivity index (χ1n) is 7.38. The largest absolute Gasteiger partial charge is 0.356 e. The molecule has 0 aromatic carbocycles. The molecule has 0 bridgehead atoms. The lowest BCUT2D eigenvalue weighted by Crippen LogP contribution is -2.39. The second-order valence-corrected chi connectivity index (χ2v) is 7.16. The fraction of sp³-hybridized carbons (Fsp3) is 1.00. The molecule has 0 spiro atoms. The maximum Gasteiger partial charge on any atom is 0.356 e. The van der Waals surface area contributed by atoms with Crippen molar-refractivity contribution in [2.75, 3.05) is 0 Å². The van der Waals surface area contributed by atoms with Gasteiger partial charge in [0, 0.05) is 11.2 Å². The zero-order valence-electron chi connectivity index (χ0n) is 11.1. The summed E-state index contributed by atoms with van der Waals surface area (Å²) in [6.07, 6.45) is 8.61. The van der Waals surface area contributed by atoms with E-state index in [1.54, 1.807) is 0 Å². The highest BCUT2D eigenvalue weighted by Crippen LogP contribution is 2.60. The lowest BCUT2D eigenvalue weighted by molar-refractivity contribution is -0.175. The molecule has 0 unspecified atom stereocenters. The molecular formula is C14H22F4S. The summed E-state index contributed by atoms with van der Waals surface area (Å²) in [6.45, 7) is 0. The van der Waals surface area contributed by atoms with E-state index in [0.717, 1.165) is 38.5 Å². The average Bonchev–Trinajstić information content (AvgIpc) is 2.47. The highest BCUT2D eigenvalue weighted by atomic mass is 32.2. The van der Waals surface area contributed by atoms with Gasteiger partial charge in [0.15, 0.2) is 0 Å². The molecule has 2 aliphatic rings. The van der Waals surface area contributed by atoms with Gasteiger partial charge < -0.3 is 0 Å². The molecule has 0 amide bonds. The Morgan fingerprint density at radius 2 is 1.16 bits per heavy atom. The van der Waals surface area contributed by atoms with E-state index in [2.05, 4.69) is 0 Å². The summed E-state index contributed by atoms with van der Waals surface area (Å²) in [4.78, 5) is 0. The van der Waals surface area contributed by atoms with Crippen LogP contribution in [-0.4, -0.2) is 16.4 Å². The fourth-order valence-electron chi connectivity index (χ4n) is 3.20. The fourth-order valence-corrected chi connectivity index (χ4v) is 4.64.